The first-order valence-electron chi connectivity index (χ1n) is 9.43. The zero-order chi connectivity index (χ0) is 20.6. The predicted octanol–water partition coefficient (Wildman–Crippen LogP) is 7.29. The van der Waals surface area contributed by atoms with Crippen LogP contribution in [0, 0.1) is 5.82 Å². The number of nitrogens with one attached hydrogen (secondary N) is 2. The molecule has 0 radical (unpaired) electrons. The van der Waals surface area contributed by atoms with Crippen molar-refractivity contribution in [2.75, 3.05) is 28.8 Å². The molecule has 3 aromatic carbocycles. The van der Waals surface area contributed by atoms with Crippen LogP contribution < -0.4 is 15.8 Å². The quantitative estimate of drug-likeness (QED) is 0.277. The summed E-state index contributed by atoms with van der Waals surface area (Å²) in [5.41, 5.74) is 10.2. The molecule has 5 nitrogen and oxygen atoms in total. The van der Waals surface area contributed by atoms with Crippen molar-refractivity contribution in [1.82, 2.24) is 0 Å². The SMILES string of the molecule is CCN(CC)c1ccc(/N=N/c2ccc(NNc3ccc(Br)c(F)c3)cc2)cc1. The summed E-state index contributed by atoms with van der Waals surface area (Å²) in [6.45, 7) is 6.23. The number of hydrogen-bond acceptors (Lipinski definition) is 5. The zero-order valence-electron chi connectivity index (χ0n) is 16.4. The molecule has 0 spiro atoms. The van der Waals surface area contributed by atoms with E-state index in [0.717, 1.165) is 30.2 Å². The van der Waals surface area contributed by atoms with Gasteiger partial charge in [-0.25, -0.2) is 4.39 Å². The largest absolute Gasteiger partial charge is 0.372 e. The number of hydrazine groups is 1. The summed E-state index contributed by atoms with van der Waals surface area (Å²) in [6.07, 6.45) is 0. The molecule has 2 N–H and O–H groups in total. The highest BCUT2D eigenvalue weighted by Crippen LogP contribution is 2.24. The van der Waals surface area contributed by atoms with Gasteiger partial charge in [0, 0.05) is 18.8 Å². The Bertz CT molecular complexity index is 954. The lowest BCUT2D eigenvalue weighted by atomic mass is 10.2. The number of nitrogens with zero attached hydrogens (tertiary/aromatic N) is 3. The van der Waals surface area contributed by atoms with E-state index >= 15 is 0 Å². The van der Waals surface area contributed by atoms with Gasteiger partial charge in [0.1, 0.15) is 5.82 Å². The number of hydrogen-bond donors (Lipinski definition) is 2. The van der Waals surface area contributed by atoms with Gasteiger partial charge in [-0.3, -0.25) is 0 Å². The van der Waals surface area contributed by atoms with Crippen LogP contribution in [0.1, 0.15) is 13.8 Å². The van der Waals surface area contributed by atoms with Crippen molar-refractivity contribution in [3.63, 3.8) is 0 Å². The Morgan fingerprint density at radius 3 is 1.86 bits per heavy atom. The molecular formula is C22H23BrFN5. The molecule has 3 rings (SSSR count). The van der Waals surface area contributed by atoms with Gasteiger partial charge < -0.3 is 15.8 Å². The van der Waals surface area contributed by atoms with E-state index in [1.807, 2.05) is 36.4 Å². The van der Waals surface area contributed by atoms with Crippen LogP contribution >= 0.6 is 15.9 Å². The summed E-state index contributed by atoms with van der Waals surface area (Å²) in [6, 6.07) is 20.4. The molecule has 0 atom stereocenters. The van der Waals surface area contributed by atoms with Crippen LogP contribution in [-0.2, 0) is 0 Å². The number of halogens is 2. The summed E-state index contributed by atoms with van der Waals surface area (Å²) in [5, 5.41) is 8.57. The van der Waals surface area contributed by atoms with E-state index in [2.05, 4.69) is 67.9 Å². The minimum atomic E-state index is -0.322. The lowest BCUT2D eigenvalue weighted by Gasteiger charge is -2.20. The van der Waals surface area contributed by atoms with Crippen LogP contribution in [0.25, 0.3) is 0 Å². The van der Waals surface area contributed by atoms with Crippen LogP contribution in [0.3, 0.4) is 0 Å². The summed E-state index contributed by atoms with van der Waals surface area (Å²) in [5.74, 6) is -0.322. The van der Waals surface area contributed by atoms with Gasteiger partial charge in [0.15, 0.2) is 0 Å². The highest BCUT2D eigenvalue weighted by Gasteiger charge is 2.02. The minimum Gasteiger partial charge on any atom is -0.372 e. The summed E-state index contributed by atoms with van der Waals surface area (Å²) >= 11 is 3.14. The fourth-order valence-corrected chi connectivity index (χ4v) is 3.01. The monoisotopic (exact) mass is 455 g/mol. The van der Waals surface area contributed by atoms with Gasteiger partial charge in [0.25, 0.3) is 0 Å². The van der Waals surface area contributed by atoms with Gasteiger partial charge in [-0.2, -0.15) is 10.2 Å². The number of anilines is 3. The van der Waals surface area contributed by atoms with Gasteiger partial charge in [-0.05, 0) is 96.5 Å². The third-order valence-electron chi connectivity index (χ3n) is 4.40. The van der Waals surface area contributed by atoms with E-state index in [1.54, 1.807) is 12.1 Å². The predicted molar refractivity (Wildman–Crippen MR) is 122 cm³/mol. The molecule has 0 aliphatic carbocycles. The van der Waals surface area contributed by atoms with E-state index in [0.29, 0.717) is 10.2 Å². The van der Waals surface area contributed by atoms with Gasteiger partial charge >= 0.3 is 0 Å². The summed E-state index contributed by atoms with van der Waals surface area (Å²) < 4.78 is 14.0. The van der Waals surface area contributed by atoms with E-state index < -0.39 is 0 Å². The van der Waals surface area contributed by atoms with Crippen molar-refractivity contribution < 1.29 is 4.39 Å². The van der Waals surface area contributed by atoms with E-state index in [-0.39, 0.29) is 5.82 Å². The zero-order valence-corrected chi connectivity index (χ0v) is 17.9. The normalized spacial score (nSPS) is 10.9. The van der Waals surface area contributed by atoms with Crippen LogP contribution in [0.4, 0.5) is 32.8 Å². The number of azo groups is 1. The molecule has 0 aliphatic heterocycles. The first-order chi connectivity index (χ1) is 14.1. The Balaban J connectivity index is 1.57. The molecule has 0 saturated heterocycles. The lowest BCUT2D eigenvalue weighted by Crippen LogP contribution is -2.21. The van der Waals surface area contributed by atoms with Gasteiger partial charge in [0.05, 0.1) is 27.2 Å². The van der Waals surface area contributed by atoms with Gasteiger partial charge in [-0.15, -0.1) is 0 Å². The number of rotatable bonds is 8. The van der Waals surface area contributed by atoms with Gasteiger partial charge in [0.2, 0.25) is 0 Å². The molecule has 0 aliphatic rings. The van der Waals surface area contributed by atoms with E-state index in [4.69, 9.17) is 0 Å². The molecule has 3 aromatic rings. The molecule has 0 aromatic heterocycles. The first kappa shape index (κ1) is 20.8. The van der Waals surface area contributed by atoms with Crippen molar-refractivity contribution in [3.8, 4) is 0 Å². The Morgan fingerprint density at radius 2 is 1.31 bits per heavy atom. The smallest absolute Gasteiger partial charge is 0.139 e. The molecule has 0 bridgehead atoms. The van der Waals surface area contributed by atoms with Crippen molar-refractivity contribution in [2.45, 2.75) is 13.8 Å². The third-order valence-corrected chi connectivity index (χ3v) is 5.04. The maximum atomic E-state index is 13.5. The Morgan fingerprint density at radius 1 is 0.793 bits per heavy atom. The summed E-state index contributed by atoms with van der Waals surface area (Å²) in [7, 11) is 0. The minimum absolute atomic E-state index is 0.322. The standard InChI is InChI=1S/C22H23BrFN5/c1-3-29(4-2)20-12-9-18(10-13-20)26-25-16-5-7-17(8-6-16)27-28-19-11-14-21(23)22(24)15-19/h5-15,27-28H,3-4H2,1-2H3/b26-25+. The molecule has 0 unspecified atom stereocenters. The molecule has 0 heterocycles. The van der Waals surface area contributed by atoms with Crippen LogP contribution in [0.15, 0.2) is 81.4 Å². The maximum absolute atomic E-state index is 13.5. The fraction of sp³-hybridized carbons (Fsp3) is 0.182. The van der Waals surface area contributed by atoms with Crippen LogP contribution in [0.2, 0.25) is 0 Å². The number of benzene rings is 3. The van der Waals surface area contributed by atoms with Crippen LogP contribution in [-0.4, -0.2) is 13.1 Å². The molecule has 0 saturated carbocycles. The van der Waals surface area contributed by atoms with Crippen LogP contribution in [0.5, 0.6) is 0 Å². The Hall–Kier alpha value is -2.93. The highest BCUT2D eigenvalue weighted by molar-refractivity contribution is 9.10. The Labute approximate surface area is 178 Å². The highest BCUT2D eigenvalue weighted by atomic mass is 79.9. The summed E-state index contributed by atoms with van der Waals surface area (Å²) in [4.78, 5) is 2.28. The first-order valence-corrected chi connectivity index (χ1v) is 10.2. The average molecular weight is 456 g/mol. The molecule has 7 heteroatoms. The van der Waals surface area contributed by atoms with E-state index in [9.17, 15) is 4.39 Å². The van der Waals surface area contributed by atoms with Crippen molar-refractivity contribution in [1.29, 1.82) is 0 Å². The molecule has 0 fully saturated rings. The lowest BCUT2D eigenvalue weighted by molar-refractivity contribution is 0.621. The van der Waals surface area contributed by atoms with Gasteiger partial charge in [-0.1, -0.05) is 0 Å². The molecule has 29 heavy (non-hydrogen) atoms. The fourth-order valence-electron chi connectivity index (χ4n) is 2.76. The second-order valence-electron chi connectivity index (χ2n) is 6.31. The average Bonchev–Trinajstić information content (AvgIpc) is 2.75. The van der Waals surface area contributed by atoms with Crippen molar-refractivity contribution in [2.24, 2.45) is 10.2 Å². The Kier molecular flexibility index (Phi) is 7.19. The van der Waals surface area contributed by atoms with Crippen molar-refractivity contribution in [3.05, 3.63) is 77.0 Å². The van der Waals surface area contributed by atoms with Crippen molar-refractivity contribution >= 4 is 44.4 Å². The molecular weight excluding hydrogens is 433 g/mol. The third kappa shape index (κ3) is 5.77. The molecule has 150 valence electrons. The second-order valence-corrected chi connectivity index (χ2v) is 7.17. The second kappa shape index (κ2) is 10.0. The van der Waals surface area contributed by atoms with E-state index in [1.165, 1.54) is 11.8 Å². The maximum Gasteiger partial charge on any atom is 0.139 e. The topological polar surface area (TPSA) is 52.0 Å². The molecule has 0 amide bonds.